The van der Waals surface area contributed by atoms with Crippen LogP contribution in [0, 0.1) is 34.0 Å². The lowest BCUT2D eigenvalue weighted by atomic mass is 9.42. The number of rotatable bonds is 16. The van der Waals surface area contributed by atoms with Crippen molar-refractivity contribution in [3.05, 3.63) is 12.2 Å². The second-order valence-electron chi connectivity index (χ2n) is 20.7. The number of fused-ring (bicyclic) bond motifs is 3. The van der Waals surface area contributed by atoms with Crippen LogP contribution in [-0.2, 0) is 33.2 Å². The Hall–Kier alpha value is -1.51. The fourth-order valence-corrected chi connectivity index (χ4v) is 12.7. The van der Waals surface area contributed by atoms with Crippen molar-refractivity contribution in [2.45, 2.75) is 202 Å². The van der Waals surface area contributed by atoms with Crippen LogP contribution in [0.25, 0.3) is 0 Å². The molecule has 6 rings (SSSR count). The Bertz CT molecular complexity index is 1570. The van der Waals surface area contributed by atoms with Crippen LogP contribution in [-0.4, -0.2) is 203 Å². The van der Waals surface area contributed by atoms with Gasteiger partial charge in [0.2, 0.25) is 6.29 Å². The third-order valence-electron chi connectivity index (χ3n) is 16.2. The summed E-state index contributed by atoms with van der Waals surface area (Å²) in [7, 11) is 0. The van der Waals surface area contributed by atoms with E-state index in [1.54, 1.807) is 0 Å². The molecule has 6 fully saturated rings. The molecule has 3 aliphatic carbocycles. The Morgan fingerprint density at radius 2 is 1.34 bits per heavy atom. The monoisotopic (exact) mass is 936 g/mol. The van der Waals surface area contributed by atoms with Crippen LogP contribution in [0.1, 0.15) is 97.8 Å². The standard InChI is InChI=1S/C45H76O20/c1-21-15-44(3)11-8-32-43(2,9-5-10-45(32,4)31(44)7-6-22(21)12-23(50)13-24(51)27(54)17-46)16-33(55)63-42-39(65-40-26(53)14-25(52)28(18-47)60-40)38(35(57)30(20-49)62-42)64-41-37(59)36(58)34(56)29(19-48)61-41/h22-32,34-42,46-54,56-59H,1,5-20H2,2-4H3/t22-,23?,24?,25?,26?,27?,28?,29?,30?,31-,32-,34?,35?,36?,37?,38?,39?,40?,41?,42?,43+,44-,45+/m1/s1. The molecule has 3 saturated heterocycles. The molecule has 3 heterocycles. The molecular formula is C45H76O20. The normalized spacial score (nSPS) is 47.4. The van der Waals surface area contributed by atoms with Crippen molar-refractivity contribution in [2.24, 2.45) is 34.0 Å². The summed E-state index contributed by atoms with van der Waals surface area (Å²) in [6.45, 7) is 8.27. The molecule has 0 aromatic rings. The molecule has 23 atom stereocenters. The molecule has 0 bridgehead atoms. The minimum Gasteiger partial charge on any atom is -0.433 e. The van der Waals surface area contributed by atoms with Crippen LogP contribution in [0.5, 0.6) is 0 Å². The van der Waals surface area contributed by atoms with Crippen molar-refractivity contribution in [2.75, 3.05) is 26.4 Å². The molecule has 20 nitrogen and oxygen atoms in total. The predicted octanol–water partition coefficient (Wildman–Crippen LogP) is -2.16. The Kier molecular flexibility index (Phi) is 17.6. The lowest BCUT2D eigenvalue weighted by Gasteiger charge is -2.63. The molecule has 0 amide bonds. The van der Waals surface area contributed by atoms with Crippen molar-refractivity contribution in [3.8, 4) is 0 Å². The highest BCUT2D eigenvalue weighted by Gasteiger charge is 2.61. The molecule has 17 unspecified atom stereocenters. The Morgan fingerprint density at radius 3 is 2.00 bits per heavy atom. The van der Waals surface area contributed by atoms with Gasteiger partial charge in [-0.2, -0.15) is 0 Å². The zero-order valence-electron chi connectivity index (χ0n) is 37.7. The van der Waals surface area contributed by atoms with E-state index >= 15 is 0 Å². The van der Waals surface area contributed by atoms with Gasteiger partial charge in [0.05, 0.1) is 51.2 Å². The van der Waals surface area contributed by atoms with Gasteiger partial charge in [-0.25, -0.2) is 0 Å². The van der Waals surface area contributed by atoms with Gasteiger partial charge in [-0.3, -0.25) is 4.79 Å². The van der Waals surface area contributed by atoms with Gasteiger partial charge < -0.3 is 94.8 Å². The van der Waals surface area contributed by atoms with E-state index in [9.17, 15) is 71.2 Å². The smallest absolute Gasteiger partial charge is 0.308 e. The van der Waals surface area contributed by atoms with E-state index < -0.39 is 142 Å². The van der Waals surface area contributed by atoms with Crippen molar-refractivity contribution in [1.29, 1.82) is 0 Å². The third kappa shape index (κ3) is 11.1. The van der Waals surface area contributed by atoms with Crippen LogP contribution in [0.4, 0.5) is 0 Å². The van der Waals surface area contributed by atoms with E-state index in [2.05, 4.69) is 27.4 Å². The highest BCUT2D eigenvalue weighted by Crippen LogP contribution is 2.68. The molecule has 0 radical (unpaired) electrons. The molecule has 65 heavy (non-hydrogen) atoms. The molecule has 0 aromatic heterocycles. The van der Waals surface area contributed by atoms with Crippen molar-refractivity contribution in [1.82, 2.24) is 0 Å². The highest BCUT2D eigenvalue weighted by molar-refractivity contribution is 5.70. The molecule has 376 valence electrons. The maximum absolute atomic E-state index is 14.4. The zero-order chi connectivity index (χ0) is 47.8. The van der Waals surface area contributed by atoms with Gasteiger partial charge in [-0.05, 0) is 85.4 Å². The number of aliphatic hydroxyl groups is 13. The largest absolute Gasteiger partial charge is 0.433 e. The Balaban J connectivity index is 1.22. The summed E-state index contributed by atoms with van der Waals surface area (Å²) in [6, 6.07) is 0. The average Bonchev–Trinajstić information content (AvgIpc) is 3.37. The molecule has 0 spiro atoms. The number of hydrogen-bond acceptors (Lipinski definition) is 20. The first-order valence-electron chi connectivity index (χ1n) is 23.3. The minimum atomic E-state index is -1.93. The molecule has 13 N–H and O–H groups in total. The second-order valence-corrected chi connectivity index (χ2v) is 20.7. The van der Waals surface area contributed by atoms with E-state index in [0.29, 0.717) is 12.8 Å². The lowest BCUT2D eigenvalue weighted by Crippen LogP contribution is -2.66. The van der Waals surface area contributed by atoms with Gasteiger partial charge >= 0.3 is 5.97 Å². The molecule has 6 aliphatic rings. The van der Waals surface area contributed by atoms with Crippen LogP contribution in [0.2, 0.25) is 0 Å². The first kappa shape index (κ1) is 52.9. The number of carbonyl (C=O) groups excluding carboxylic acids is 1. The Labute approximate surface area is 379 Å². The van der Waals surface area contributed by atoms with Crippen LogP contribution in [0.3, 0.4) is 0 Å². The highest BCUT2D eigenvalue weighted by atomic mass is 16.8. The minimum absolute atomic E-state index is 0.0157. The van der Waals surface area contributed by atoms with Gasteiger partial charge in [0.15, 0.2) is 18.7 Å². The topological polar surface area (TPSA) is 335 Å². The lowest BCUT2D eigenvalue weighted by molar-refractivity contribution is -0.383. The fraction of sp³-hybridized carbons (Fsp3) is 0.933. The molecule has 3 saturated carbocycles. The maximum Gasteiger partial charge on any atom is 0.308 e. The quantitative estimate of drug-likeness (QED) is 0.0579. The predicted molar refractivity (Wildman–Crippen MR) is 224 cm³/mol. The fourth-order valence-electron chi connectivity index (χ4n) is 12.7. The number of ether oxygens (including phenoxy) is 6. The SMILES string of the molecule is C=C1C[C@@]2(C)CC[C@@H]3[C@](C)(CC(=O)OC4OC(CO)C(O)C(OC5OC(CO)C(O)C(O)C5O)C4OC4OC(CO)C(O)CC4O)CCC[C@@]3(C)[C@@H]2CC[C@@H]1CC(O)CC(O)C(O)CO. The van der Waals surface area contributed by atoms with Crippen molar-refractivity contribution >= 4 is 5.97 Å². The first-order chi connectivity index (χ1) is 30.6. The van der Waals surface area contributed by atoms with Crippen molar-refractivity contribution in [3.63, 3.8) is 0 Å². The number of esters is 1. The maximum atomic E-state index is 14.4. The third-order valence-corrected chi connectivity index (χ3v) is 16.2. The average molecular weight is 937 g/mol. The van der Waals surface area contributed by atoms with E-state index in [1.165, 1.54) is 0 Å². The Morgan fingerprint density at radius 1 is 0.708 bits per heavy atom. The van der Waals surface area contributed by atoms with Crippen molar-refractivity contribution < 1.29 is 99.6 Å². The summed E-state index contributed by atoms with van der Waals surface area (Å²) >= 11 is 0. The van der Waals surface area contributed by atoms with Gasteiger partial charge in [0.1, 0.15) is 61.0 Å². The number of aliphatic hydroxyl groups excluding tert-OH is 13. The van der Waals surface area contributed by atoms with E-state index in [1.807, 2.05) is 0 Å². The van der Waals surface area contributed by atoms with E-state index in [0.717, 1.165) is 50.5 Å². The summed E-state index contributed by atoms with van der Waals surface area (Å²) in [4.78, 5) is 14.4. The first-order valence-corrected chi connectivity index (χ1v) is 23.3. The van der Waals surface area contributed by atoms with E-state index in [4.69, 9.17) is 28.4 Å². The van der Waals surface area contributed by atoms with Crippen LogP contribution in [0.15, 0.2) is 12.2 Å². The molecule has 3 aliphatic heterocycles. The summed E-state index contributed by atoms with van der Waals surface area (Å²) < 4.78 is 35.4. The summed E-state index contributed by atoms with van der Waals surface area (Å²) in [5.74, 6) is -0.423. The molecular weight excluding hydrogens is 860 g/mol. The molecule has 20 heteroatoms. The second kappa shape index (κ2) is 21.6. The van der Waals surface area contributed by atoms with Gasteiger partial charge in [0.25, 0.3) is 0 Å². The zero-order valence-corrected chi connectivity index (χ0v) is 37.7. The van der Waals surface area contributed by atoms with Gasteiger partial charge in [-0.1, -0.05) is 39.3 Å². The van der Waals surface area contributed by atoms with Crippen LogP contribution < -0.4 is 0 Å². The van der Waals surface area contributed by atoms with E-state index in [-0.39, 0.29) is 47.8 Å². The van der Waals surface area contributed by atoms with Gasteiger partial charge in [0, 0.05) is 12.8 Å². The number of allylic oxidation sites excluding steroid dienone is 1. The summed E-state index contributed by atoms with van der Waals surface area (Å²) in [5.41, 5.74) is 0.144. The van der Waals surface area contributed by atoms with Crippen LogP contribution >= 0.6 is 0 Å². The molecule has 0 aromatic carbocycles. The summed E-state index contributed by atoms with van der Waals surface area (Å²) in [6.07, 6.45) is -20.0. The number of hydrogen-bond donors (Lipinski definition) is 13. The van der Waals surface area contributed by atoms with Gasteiger partial charge in [-0.15, -0.1) is 0 Å². The summed E-state index contributed by atoms with van der Waals surface area (Å²) in [5, 5.41) is 135. The number of carbonyl (C=O) groups is 1.